The zero-order chi connectivity index (χ0) is 16.2. The summed E-state index contributed by atoms with van der Waals surface area (Å²) >= 11 is 0. The number of guanidine groups is 1. The minimum Gasteiger partial charge on any atom is -0.356 e. The summed E-state index contributed by atoms with van der Waals surface area (Å²) in [6.07, 6.45) is 6.24. The molecule has 0 unspecified atom stereocenters. The van der Waals surface area contributed by atoms with E-state index in [0.717, 1.165) is 38.4 Å². The molecule has 1 saturated heterocycles. The Morgan fingerprint density at radius 2 is 1.82 bits per heavy atom. The van der Waals surface area contributed by atoms with E-state index in [1.807, 2.05) is 0 Å². The molecule has 0 atom stereocenters. The number of unbranched alkanes of at least 4 members (excludes halogenated alkanes) is 1. The van der Waals surface area contributed by atoms with Crippen molar-refractivity contribution in [2.75, 3.05) is 53.4 Å². The number of hydrogen-bond donors (Lipinski definition) is 2. The smallest absolute Gasteiger partial charge is 0.243 e. The number of likely N-dealkylation sites (N-methyl/N-ethyl adjacent to an activating group) is 1. The molecule has 128 valence electrons. The maximum atomic E-state index is 11.7. The number of carbonyl (C=O) groups excluding carboxylic acids is 1. The predicted molar refractivity (Wildman–Crippen MR) is 92.2 cm³/mol. The molecule has 0 aromatic heterocycles. The second kappa shape index (κ2) is 11.3. The first kappa shape index (κ1) is 18.7. The van der Waals surface area contributed by atoms with Gasteiger partial charge in [0.2, 0.25) is 5.91 Å². The Morgan fingerprint density at radius 3 is 2.45 bits per heavy atom. The van der Waals surface area contributed by atoms with Crippen LogP contribution in [-0.4, -0.2) is 75.0 Å². The molecule has 0 aromatic rings. The summed E-state index contributed by atoms with van der Waals surface area (Å²) in [6, 6.07) is 0. The van der Waals surface area contributed by atoms with Crippen LogP contribution < -0.4 is 10.6 Å². The van der Waals surface area contributed by atoms with Gasteiger partial charge >= 0.3 is 0 Å². The van der Waals surface area contributed by atoms with Crippen molar-refractivity contribution < 1.29 is 4.79 Å². The molecule has 6 nitrogen and oxygen atoms in total. The largest absolute Gasteiger partial charge is 0.356 e. The van der Waals surface area contributed by atoms with Crippen LogP contribution in [0.25, 0.3) is 0 Å². The van der Waals surface area contributed by atoms with E-state index in [1.54, 1.807) is 19.0 Å². The lowest BCUT2D eigenvalue weighted by Gasteiger charge is -2.26. The van der Waals surface area contributed by atoms with Crippen molar-refractivity contribution in [1.29, 1.82) is 0 Å². The second-order valence-electron chi connectivity index (χ2n) is 6.06. The van der Waals surface area contributed by atoms with E-state index < -0.39 is 0 Å². The number of rotatable bonds is 8. The average molecular weight is 311 g/mol. The molecule has 22 heavy (non-hydrogen) atoms. The summed E-state index contributed by atoms with van der Waals surface area (Å²) < 4.78 is 0. The molecule has 1 fully saturated rings. The van der Waals surface area contributed by atoms with Crippen molar-refractivity contribution in [3.63, 3.8) is 0 Å². The Hall–Kier alpha value is -1.30. The van der Waals surface area contributed by atoms with Crippen molar-refractivity contribution in [3.05, 3.63) is 0 Å². The summed E-state index contributed by atoms with van der Waals surface area (Å²) in [5, 5.41) is 6.65. The number of likely N-dealkylation sites (tertiary alicyclic amines) is 1. The molecule has 0 saturated carbocycles. The maximum Gasteiger partial charge on any atom is 0.243 e. The Bertz CT molecular complexity index is 337. The Morgan fingerprint density at radius 1 is 1.14 bits per heavy atom. The molecule has 2 N–H and O–H groups in total. The minimum absolute atomic E-state index is 0.0209. The number of hydrogen-bond acceptors (Lipinski definition) is 3. The van der Waals surface area contributed by atoms with Crippen molar-refractivity contribution in [1.82, 2.24) is 20.4 Å². The van der Waals surface area contributed by atoms with Crippen molar-refractivity contribution in [2.24, 2.45) is 4.99 Å². The van der Waals surface area contributed by atoms with Gasteiger partial charge < -0.3 is 20.4 Å². The molecule has 1 heterocycles. The van der Waals surface area contributed by atoms with Crippen LogP contribution in [0.1, 0.15) is 39.0 Å². The van der Waals surface area contributed by atoms with E-state index in [1.165, 1.54) is 32.4 Å². The highest BCUT2D eigenvalue weighted by Gasteiger charge is 2.09. The molecule has 6 heteroatoms. The van der Waals surface area contributed by atoms with Gasteiger partial charge in [0.1, 0.15) is 6.54 Å². The number of piperidine rings is 1. The summed E-state index contributed by atoms with van der Waals surface area (Å²) in [6.45, 7) is 7.56. The van der Waals surface area contributed by atoms with E-state index in [9.17, 15) is 4.79 Å². The fourth-order valence-electron chi connectivity index (χ4n) is 2.36. The van der Waals surface area contributed by atoms with Gasteiger partial charge in [0.15, 0.2) is 5.96 Å². The molecule has 0 aromatic carbocycles. The Balaban J connectivity index is 2.35. The van der Waals surface area contributed by atoms with E-state index in [4.69, 9.17) is 0 Å². The van der Waals surface area contributed by atoms with Gasteiger partial charge in [0.25, 0.3) is 0 Å². The number of carbonyl (C=O) groups is 1. The molecule has 1 amide bonds. The van der Waals surface area contributed by atoms with E-state index in [0.29, 0.717) is 0 Å². The van der Waals surface area contributed by atoms with Crippen LogP contribution >= 0.6 is 0 Å². The predicted octanol–water partition coefficient (Wildman–Crippen LogP) is 0.896. The summed E-state index contributed by atoms with van der Waals surface area (Å²) in [7, 11) is 3.51. The highest BCUT2D eigenvalue weighted by Crippen LogP contribution is 2.07. The molecule has 1 rings (SSSR count). The normalized spacial score (nSPS) is 16.4. The summed E-state index contributed by atoms with van der Waals surface area (Å²) in [5.41, 5.74) is 0. The molecule has 0 aliphatic carbocycles. The van der Waals surface area contributed by atoms with Crippen LogP contribution in [0.15, 0.2) is 4.99 Å². The average Bonchev–Trinajstić information content (AvgIpc) is 2.52. The fraction of sp³-hybridized carbons (Fsp3) is 0.875. The van der Waals surface area contributed by atoms with Crippen LogP contribution in [0, 0.1) is 0 Å². The standard InChI is InChI=1S/C16H33N5O/c1-4-5-9-17-16(19-14-15(22)20(2)3)18-10-13-21-11-7-6-8-12-21/h4-14H2,1-3H3,(H2,17,18,19). The van der Waals surface area contributed by atoms with Gasteiger partial charge in [-0.15, -0.1) is 0 Å². The van der Waals surface area contributed by atoms with Crippen molar-refractivity contribution >= 4 is 11.9 Å². The van der Waals surface area contributed by atoms with E-state index in [-0.39, 0.29) is 12.5 Å². The topological polar surface area (TPSA) is 60.0 Å². The number of nitrogens with one attached hydrogen (secondary N) is 2. The lowest BCUT2D eigenvalue weighted by molar-refractivity contribution is -0.127. The third-order valence-electron chi connectivity index (χ3n) is 3.86. The minimum atomic E-state index is 0.0209. The van der Waals surface area contributed by atoms with Gasteiger partial charge in [-0.1, -0.05) is 19.8 Å². The summed E-state index contributed by atoms with van der Waals surface area (Å²) in [5.74, 6) is 0.772. The van der Waals surface area contributed by atoms with Crippen LogP contribution in [0.5, 0.6) is 0 Å². The number of amides is 1. The Kier molecular flexibility index (Phi) is 9.62. The van der Waals surface area contributed by atoms with Gasteiger partial charge in [-0.05, 0) is 32.4 Å². The molecular formula is C16H33N5O. The molecule has 0 spiro atoms. The van der Waals surface area contributed by atoms with Crippen LogP contribution in [0.3, 0.4) is 0 Å². The van der Waals surface area contributed by atoms with Crippen molar-refractivity contribution in [2.45, 2.75) is 39.0 Å². The van der Waals surface area contributed by atoms with Crippen LogP contribution in [0.2, 0.25) is 0 Å². The molecule has 0 radical (unpaired) electrons. The van der Waals surface area contributed by atoms with Crippen LogP contribution in [-0.2, 0) is 4.79 Å². The van der Waals surface area contributed by atoms with Gasteiger partial charge in [0, 0.05) is 33.7 Å². The third kappa shape index (κ3) is 8.22. The molecule has 1 aliphatic heterocycles. The number of nitrogens with zero attached hydrogens (tertiary/aromatic N) is 3. The zero-order valence-corrected chi connectivity index (χ0v) is 14.5. The number of aliphatic imine (C=N–C) groups is 1. The van der Waals surface area contributed by atoms with Crippen molar-refractivity contribution in [3.8, 4) is 0 Å². The Labute approximate surface area is 135 Å². The highest BCUT2D eigenvalue weighted by molar-refractivity contribution is 5.84. The zero-order valence-electron chi connectivity index (χ0n) is 14.5. The monoisotopic (exact) mass is 311 g/mol. The van der Waals surface area contributed by atoms with Crippen LogP contribution in [0.4, 0.5) is 0 Å². The molecule has 0 bridgehead atoms. The quantitative estimate of drug-likeness (QED) is 0.397. The van der Waals surface area contributed by atoms with E-state index >= 15 is 0 Å². The van der Waals surface area contributed by atoms with Gasteiger partial charge in [0.05, 0.1) is 0 Å². The lowest BCUT2D eigenvalue weighted by atomic mass is 10.1. The van der Waals surface area contributed by atoms with E-state index in [2.05, 4.69) is 27.4 Å². The highest BCUT2D eigenvalue weighted by atomic mass is 16.2. The first-order valence-corrected chi connectivity index (χ1v) is 8.58. The lowest BCUT2D eigenvalue weighted by Crippen LogP contribution is -2.43. The van der Waals surface area contributed by atoms with Gasteiger partial charge in [-0.25, -0.2) is 4.99 Å². The SMILES string of the molecule is CCCCNC(=NCC(=O)N(C)C)NCCN1CCCCC1. The molecule has 1 aliphatic rings. The van der Waals surface area contributed by atoms with Gasteiger partial charge in [-0.3, -0.25) is 4.79 Å². The first-order chi connectivity index (χ1) is 10.6. The first-order valence-electron chi connectivity index (χ1n) is 8.58. The summed E-state index contributed by atoms with van der Waals surface area (Å²) in [4.78, 5) is 20.1. The third-order valence-corrected chi connectivity index (χ3v) is 3.86. The second-order valence-corrected chi connectivity index (χ2v) is 6.06. The van der Waals surface area contributed by atoms with Gasteiger partial charge in [-0.2, -0.15) is 0 Å². The fourth-order valence-corrected chi connectivity index (χ4v) is 2.36. The molecular weight excluding hydrogens is 278 g/mol. The maximum absolute atomic E-state index is 11.7.